The van der Waals surface area contributed by atoms with Gasteiger partial charge in [-0.05, 0) is 29.8 Å². The van der Waals surface area contributed by atoms with Crippen LogP contribution in [0.5, 0.6) is 0 Å². The minimum absolute atomic E-state index is 0.0564. The van der Waals surface area contributed by atoms with Crippen LogP contribution < -0.4 is 0 Å². The van der Waals surface area contributed by atoms with Crippen molar-refractivity contribution in [3.63, 3.8) is 0 Å². The molecule has 1 N–H and O–H groups in total. The summed E-state index contributed by atoms with van der Waals surface area (Å²) in [5, 5.41) is 9.95. The first-order chi connectivity index (χ1) is 10.2. The summed E-state index contributed by atoms with van der Waals surface area (Å²) in [6.07, 6.45) is -5.87. The van der Waals surface area contributed by atoms with Crippen LogP contribution in [0.1, 0.15) is 17.2 Å². The van der Waals surface area contributed by atoms with E-state index in [9.17, 15) is 26.7 Å². The Morgan fingerprint density at radius 1 is 0.955 bits per heavy atom. The summed E-state index contributed by atoms with van der Waals surface area (Å²) in [7, 11) is -3.72. The number of benzene rings is 2. The molecule has 0 fully saturated rings. The van der Waals surface area contributed by atoms with Crippen LogP contribution >= 0.6 is 0 Å². The first-order valence-corrected chi connectivity index (χ1v) is 7.98. The lowest BCUT2D eigenvalue weighted by molar-refractivity contribution is -0.137. The third-order valence-electron chi connectivity index (χ3n) is 3.10. The first-order valence-electron chi connectivity index (χ1n) is 6.33. The number of hydrogen-bond acceptors (Lipinski definition) is 3. The van der Waals surface area contributed by atoms with Gasteiger partial charge in [0.25, 0.3) is 0 Å². The molecular weight excluding hydrogens is 317 g/mol. The third-order valence-corrected chi connectivity index (χ3v) is 4.85. The molecule has 0 radical (unpaired) electrons. The minimum Gasteiger partial charge on any atom is -0.387 e. The van der Waals surface area contributed by atoms with Crippen molar-refractivity contribution in [3.05, 3.63) is 65.7 Å². The second kappa shape index (κ2) is 6.10. The fourth-order valence-electron chi connectivity index (χ4n) is 1.92. The largest absolute Gasteiger partial charge is 0.416 e. The standard InChI is InChI=1S/C15H13F3O3S/c16-15(17,18)12-8-6-11(7-9-12)14(19)10-22(20,21)13-4-2-1-3-5-13/h1-9,14,19H,10H2/t14-/m1/s1. The average molecular weight is 330 g/mol. The zero-order chi connectivity index (χ0) is 16.4. The van der Waals surface area contributed by atoms with Crippen molar-refractivity contribution in [2.75, 3.05) is 5.75 Å². The smallest absolute Gasteiger partial charge is 0.387 e. The van der Waals surface area contributed by atoms with E-state index < -0.39 is 33.4 Å². The van der Waals surface area contributed by atoms with Gasteiger partial charge < -0.3 is 5.11 Å². The van der Waals surface area contributed by atoms with E-state index in [0.717, 1.165) is 24.3 Å². The molecule has 0 saturated carbocycles. The van der Waals surface area contributed by atoms with Crippen molar-refractivity contribution in [1.29, 1.82) is 0 Å². The maximum absolute atomic E-state index is 12.5. The van der Waals surface area contributed by atoms with E-state index in [2.05, 4.69) is 0 Å². The van der Waals surface area contributed by atoms with Crippen molar-refractivity contribution in [2.24, 2.45) is 0 Å². The van der Waals surface area contributed by atoms with Gasteiger partial charge in [0, 0.05) is 0 Å². The first kappa shape index (κ1) is 16.5. The number of alkyl halides is 3. The highest BCUT2D eigenvalue weighted by Crippen LogP contribution is 2.30. The van der Waals surface area contributed by atoms with Gasteiger partial charge >= 0.3 is 6.18 Å². The normalized spacial score (nSPS) is 13.8. The zero-order valence-corrected chi connectivity index (χ0v) is 12.1. The molecule has 2 aromatic carbocycles. The summed E-state index contributed by atoms with van der Waals surface area (Å²) in [5.41, 5.74) is -0.734. The van der Waals surface area contributed by atoms with Crippen LogP contribution in [0.2, 0.25) is 0 Å². The molecule has 0 amide bonds. The molecule has 0 unspecified atom stereocenters. The van der Waals surface area contributed by atoms with E-state index in [-0.39, 0.29) is 10.5 Å². The second-order valence-electron chi connectivity index (χ2n) is 4.73. The van der Waals surface area contributed by atoms with Gasteiger partial charge in [-0.1, -0.05) is 30.3 Å². The van der Waals surface area contributed by atoms with Crippen molar-refractivity contribution < 1.29 is 26.7 Å². The van der Waals surface area contributed by atoms with Crippen LogP contribution in [0.15, 0.2) is 59.5 Å². The molecule has 2 rings (SSSR count). The molecule has 7 heteroatoms. The number of aliphatic hydroxyl groups is 1. The topological polar surface area (TPSA) is 54.4 Å². The fraction of sp³-hybridized carbons (Fsp3) is 0.200. The summed E-state index contributed by atoms with van der Waals surface area (Å²) in [4.78, 5) is 0.0564. The maximum Gasteiger partial charge on any atom is 0.416 e. The van der Waals surface area contributed by atoms with Crippen molar-refractivity contribution in [3.8, 4) is 0 Å². The van der Waals surface area contributed by atoms with Crippen LogP contribution in [0.25, 0.3) is 0 Å². The van der Waals surface area contributed by atoms with E-state index in [0.29, 0.717) is 0 Å². The van der Waals surface area contributed by atoms with Crippen LogP contribution in [0.4, 0.5) is 13.2 Å². The van der Waals surface area contributed by atoms with Gasteiger partial charge in [0.05, 0.1) is 22.3 Å². The van der Waals surface area contributed by atoms with Crippen LogP contribution in [0, 0.1) is 0 Å². The highest BCUT2D eigenvalue weighted by atomic mass is 32.2. The lowest BCUT2D eigenvalue weighted by Gasteiger charge is -2.13. The van der Waals surface area contributed by atoms with E-state index in [1.165, 1.54) is 12.1 Å². The van der Waals surface area contributed by atoms with Gasteiger partial charge in [-0.3, -0.25) is 0 Å². The Balaban J connectivity index is 2.17. The minimum atomic E-state index is -4.47. The summed E-state index contributed by atoms with van der Waals surface area (Å²) in [5.74, 6) is -0.595. The molecule has 0 aliphatic heterocycles. The molecule has 0 aromatic heterocycles. The summed E-state index contributed by atoms with van der Waals surface area (Å²) >= 11 is 0. The molecule has 0 bridgehead atoms. The molecule has 118 valence electrons. The Labute approximate surface area is 125 Å². The monoisotopic (exact) mass is 330 g/mol. The van der Waals surface area contributed by atoms with Crippen LogP contribution in [0.3, 0.4) is 0 Å². The van der Waals surface area contributed by atoms with Gasteiger partial charge in [-0.25, -0.2) is 8.42 Å². The predicted octanol–water partition coefficient (Wildman–Crippen LogP) is 3.21. The average Bonchev–Trinajstić information content (AvgIpc) is 2.47. The van der Waals surface area contributed by atoms with E-state index in [1.807, 2.05) is 0 Å². The Hall–Kier alpha value is -1.86. The van der Waals surface area contributed by atoms with Gasteiger partial charge in [-0.2, -0.15) is 13.2 Å². The summed E-state index contributed by atoms with van der Waals surface area (Å²) < 4.78 is 61.6. The predicted molar refractivity (Wildman–Crippen MR) is 74.9 cm³/mol. The zero-order valence-electron chi connectivity index (χ0n) is 11.3. The Bertz CT molecular complexity index is 723. The van der Waals surface area contributed by atoms with E-state index in [1.54, 1.807) is 18.2 Å². The summed E-state index contributed by atoms with van der Waals surface area (Å²) in [6.45, 7) is 0. The number of hydrogen-bond donors (Lipinski definition) is 1. The highest BCUT2D eigenvalue weighted by molar-refractivity contribution is 7.91. The Morgan fingerprint density at radius 3 is 2.00 bits per heavy atom. The lowest BCUT2D eigenvalue weighted by Crippen LogP contribution is -2.15. The molecule has 1 atom stereocenters. The Kier molecular flexibility index (Phi) is 4.58. The van der Waals surface area contributed by atoms with Crippen molar-refractivity contribution in [2.45, 2.75) is 17.2 Å². The summed E-state index contributed by atoms with van der Waals surface area (Å²) in [6, 6.07) is 11.3. The maximum atomic E-state index is 12.5. The van der Waals surface area contributed by atoms with E-state index >= 15 is 0 Å². The van der Waals surface area contributed by atoms with Crippen LogP contribution in [-0.2, 0) is 16.0 Å². The van der Waals surface area contributed by atoms with Crippen LogP contribution in [-0.4, -0.2) is 19.3 Å². The molecule has 0 saturated heterocycles. The SMILES string of the molecule is O=S(=O)(C[C@@H](O)c1ccc(C(F)(F)F)cc1)c1ccccc1. The van der Waals surface area contributed by atoms with Gasteiger partial charge in [-0.15, -0.1) is 0 Å². The van der Waals surface area contributed by atoms with E-state index in [4.69, 9.17) is 0 Å². The van der Waals surface area contributed by atoms with Crippen molar-refractivity contribution in [1.82, 2.24) is 0 Å². The molecule has 2 aromatic rings. The van der Waals surface area contributed by atoms with Gasteiger partial charge in [0.1, 0.15) is 0 Å². The lowest BCUT2D eigenvalue weighted by atomic mass is 10.1. The molecule has 22 heavy (non-hydrogen) atoms. The van der Waals surface area contributed by atoms with Gasteiger partial charge in [0.15, 0.2) is 9.84 Å². The van der Waals surface area contributed by atoms with Crippen molar-refractivity contribution >= 4 is 9.84 Å². The molecule has 0 heterocycles. The molecule has 3 nitrogen and oxygen atoms in total. The third kappa shape index (κ3) is 3.86. The molecule has 0 spiro atoms. The van der Waals surface area contributed by atoms with Gasteiger partial charge in [0.2, 0.25) is 0 Å². The number of rotatable bonds is 4. The Morgan fingerprint density at radius 2 is 1.50 bits per heavy atom. The highest BCUT2D eigenvalue weighted by Gasteiger charge is 2.30. The molecule has 0 aliphatic carbocycles. The number of halogens is 3. The fourth-order valence-corrected chi connectivity index (χ4v) is 3.29. The number of aliphatic hydroxyl groups excluding tert-OH is 1. The number of sulfone groups is 1. The quantitative estimate of drug-likeness (QED) is 0.936. The molecular formula is C15H13F3O3S. The molecule has 0 aliphatic rings. The second-order valence-corrected chi connectivity index (χ2v) is 6.76.